The maximum absolute atomic E-state index is 13.9. The molecule has 2 amide bonds. The van der Waals surface area contributed by atoms with Crippen molar-refractivity contribution in [3.8, 4) is 0 Å². The van der Waals surface area contributed by atoms with E-state index in [1.165, 1.54) is 36.5 Å². The zero-order valence-corrected chi connectivity index (χ0v) is 18.4. The first-order chi connectivity index (χ1) is 16.7. The largest absolute Gasteiger partial charge is 0.416 e. The van der Waals surface area contributed by atoms with E-state index < -0.39 is 29.4 Å². The summed E-state index contributed by atoms with van der Waals surface area (Å²) in [6, 6.07) is 10.7. The van der Waals surface area contributed by atoms with E-state index in [1.54, 1.807) is 12.1 Å². The van der Waals surface area contributed by atoms with Gasteiger partial charge in [-0.15, -0.1) is 0 Å². The lowest BCUT2D eigenvalue weighted by atomic mass is 10.1. The molecule has 6 nitrogen and oxygen atoms in total. The van der Waals surface area contributed by atoms with Crippen molar-refractivity contribution in [3.05, 3.63) is 83.6 Å². The van der Waals surface area contributed by atoms with Gasteiger partial charge in [-0.1, -0.05) is 6.07 Å². The summed E-state index contributed by atoms with van der Waals surface area (Å²) in [6.07, 6.45) is -2.97. The molecule has 1 saturated heterocycles. The Bertz CT molecular complexity index is 1140. The minimum atomic E-state index is -4.45. The van der Waals surface area contributed by atoms with Gasteiger partial charge in [-0.3, -0.25) is 4.90 Å². The number of pyridine rings is 1. The number of halogens is 5. The van der Waals surface area contributed by atoms with Crippen LogP contribution in [0.3, 0.4) is 0 Å². The summed E-state index contributed by atoms with van der Waals surface area (Å²) >= 11 is 0. The van der Waals surface area contributed by atoms with Crippen molar-refractivity contribution in [2.24, 2.45) is 0 Å². The molecule has 184 valence electrons. The lowest BCUT2D eigenvalue weighted by Gasteiger charge is -2.35. The standard InChI is InChI=1S/C24H22F5N5O/c25-20-2-1-3-21(26)19(20)15-33-10-12-34(13-11-33)22-9-8-18(14-30-22)32-23(35)31-17-6-4-16(5-7-17)24(27,28)29/h1-9,14H,10-13,15H2,(H2,31,32,35). The van der Waals surface area contributed by atoms with Gasteiger partial charge >= 0.3 is 12.2 Å². The smallest absolute Gasteiger partial charge is 0.354 e. The van der Waals surface area contributed by atoms with E-state index >= 15 is 0 Å². The van der Waals surface area contributed by atoms with Gasteiger partial charge in [0.05, 0.1) is 17.4 Å². The molecule has 1 aliphatic rings. The van der Waals surface area contributed by atoms with Gasteiger partial charge in [0.25, 0.3) is 0 Å². The first-order valence-electron chi connectivity index (χ1n) is 10.8. The van der Waals surface area contributed by atoms with Crippen molar-refractivity contribution < 1.29 is 26.7 Å². The molecule has 1 fully saturated rings. The van der Waals surface area contributed by atoms with Gasteiger partial charge in [-0.25, -0.2) is 18.6 Å². The number of hydrogen-bond donors (Lipinski definition) is 2. The van der Waals surface area contributed by atoms with Crippen molar-refractivity contribution in [3.63, 3.8) is 0 Å². The van der Waals surface area contributed by atoms with E-state index in [9.17, 15) is 26.7 Å². The van der Waals surface area contributed by atoms with Crippen molar-refractivity contribution >= 4 is 23.2 Å². The molecule has 0 saturated carbocycles. The van der Waals surface area contributed by atoms with Gasteiger partial charge in [0.1, 0.15) is 17.5 Å². The fraction of sp³-hybridized carbons (Fsp3) is 0.250. The van der Waals surface area contributed by atoms with Crippen LogP contribution in [0, 0.1) is 11.6 Å². The molecule has 0 unspecified atom stereocenters. The Balaban J connectivity index is 1.27. The Morgan fingerprint density at radius 1 is 0.857 bits per heavy atom. The molecule has 35 heavy (non-hydrogen) atoms. The average Bonchev–Trinajstić information content (AvgIpc) is 2.82. The van der Waals surface area contributed by atoms with Crippen molar-refractivity contribution in [1.29, 1.82) is 0 Å². The Labute approximate surface area is 198 Å². The topological polar surface area (TPSA) is 60.5 Å². The molecule has 1 aliphatic heterocycles. The molecule has 2 aromatic carbocycles. The lowest BCUT2D eigenvalue weighted by Crippen LogP contribution is -2.46. The average molecular weight is 491 g/mol. The van der Waals surface area contributed by atoms with Gasteiger partial charge in [-0.2, -0.15) is 13.2 Å². The van der Waals surface area contributed by atoms with Crippen LogP contribution in [0.1, 0.15) is 11.1 Å². The van der Waals surface area contributed by atoms with Crippen LogP contribution in [-0.4, -0.2) is 42.1 Å². The summed E-state index contributed by atoms with van der Waals surface area (Å²) in [5.41, 5.74) is -0.118. The van der Waals surface area contributed by atoms with E-state index in [1.807, 2.05) is 9.80 Å². The van der Waals surface area contributed by atoms with E-state index in [2.05, 4.69) is 15.6 Å². The highest BCUT2D eigenvalue weighted by Crippen LogP contribution is 2.30. The van der Waals surface area contributed by atoms with Crippen LogP contribution in [0.15, 0.2) is 60.8 Å². The maximum atomic E-state index is 13.9. The Morgan fingerprint density at radius 3 is 2.03 bits per heavy atom. The monoisotopic (exact) mass is 491 g/mol. The lowest BCUT2D eigenvalue weighted by molar-refractivity contribution is -0.137. The molecule has 0 radical (unpaired) electrons. The third-order valence-electron chi connectivity index (χ3n) is 5.62. The minimum absolute atomic E-state index is 0.0593. The van der Waals surface area contributed by atoms with Crippen LogP contribution in [-0.2, 0) is 12.7 Å². The quantitative estimate of drug-likeness (QED) is 0.473. The summed E-state index contributed by atoms with van der Waals surface area (Å²) in [7, 11) is 0. The second-order valence-electron chi connectivity index (χ2n) is 8.02. The highest BCUT2D eigenvalue weighted by molar-refractivity contribution is 5.99. The van der Waals surface area contributed by atoms with E-state index in [4.69, 9.17) is 0 Å². The van der Waals surface area contributed by atoms with Crippen LogP contribution >= 0.6 is 0 Å². The zero-order valence-electron chi connectivity index (χ0n) is 18.4. The first kappa shape index (κ1) is 24.4. The van der Waals surface area contributed by atoms with Crippen LogP contribution in [0.5, 0.6) is 0 Å². The molecule has 0 spiro atoms. The highest BCUT2D eigenvalue weighted by atomic mass is 19.4. The van der Waals surface area contributed by atoms with Crippen LogP contribution in [0.4, 0.5) is 43.9 Å². The number of benzene rings is 2. The molecule has 1 aromatic heterocycles. The van der Waals surface area contributed by atoms with Crippen LogP contribution in [0.25, 0.3) is 0 Å². The van der Waals surface area contributed by atoms with Gasteiger partial charge in [0.2, 0.25) is 0 Å². The first-order valence-corrected chi connectivity index (χ1v) is 10.8. The molecule has 11 heteroatoms. The molecule has 4 rings (SSSR count). The third kappa shape index (κ3) is 6.24. The minimum Gasteiger partial charge on any atom is -0.354 e. The molecule has 2 heterocycles. The number of carbonyl (C=O) groups is 1. The number of hydrogen-bond acceptors (Lipinski definition) is 4. The van der Waals surface area contributed by atoms with Gasteiger partial charge < -0.3 is 15.5 Å². The molecule has 3 aromatic rings. The number of urea groups is 1. The fourth-order valence-corrected chi connectivity index (χ4v) is 3.73. The number of piperazine rings is 1. The predicted octanol–water partition coefficient (Wildman–Crippen LogP) is 5.34. The van der Waals surface area contributed by atoms with Crippen LogP contribution < -0.4 is 15.5 Å². The number of nitrogens with zero attached hydrogens (tertiary/aromatic N) is 3. The molecule has 2 N–H and O–H groups in total. The fourth-order valence-electron chi connectivity index (χ4n) is 3.73. The van der Waals surface area contributed by atoms with Gasteiger partial charge in [0.15, 0.2) is 0 Å². The number of amides is 2. The Kier molecular flexibility index (Phi) is 7.15. The number of aromatic nitrogens is 1. The predicted molar refractivity (Wildman–Crippen MR) is 122 cm³/mol. The van der Waals surface area contributed by atoms with E-state index in [-0.39, 0.29) is 17.8 Å². The molecule has 0 aliphatic carbocycles. The normalized spacial score (nSPS) is 14.6. The number of carbonyl (C=O) groups excluding carboxylic acids is 1. The van der Waals surface area contributed by atoms with E-state index in [0.29, 0.717) is 37.7 Å². The maximum Gasteiger partial charge on any atom is 0.416 e. The SMILES string of the molecule is O=C(Nc1ccc(C(F)(F)F)cc1)Nc1ccc(N2CCN(Cc3c(F)cccc3F)CC2)nc1. The highest BCUT2D eigenvalue weighted by Gasteiger charge is 2.30. The number of alkyl halides is 3. The zero-order chi connectivity index (χ0) is 25.0. The third-order valence-corrected chi connectivity index (χ3v) is 5.62. The second kappa shape index (κ2) is 10.3. The Hall–Kier alpha value is -3.73. The van der Waals surface area contributed by atoms with Crippen molar-refractivity contribution in [2.45, 2.75) is 12.7 Å². The van der Waals surface area contributed by atoms with E-state index in [0.717, 1.165) is 12.1 Å². The summed E-state index contributed by atoms with van der Waals surface area (Å²) in [5.74, 6) is -0.422. The van der Waals surface area contributed by atoms with Gasteiger partial charge in [-0.05, 0) is 48.5 Å². The van der Waals surface area contributed by atoms with Crippen molar-refractivity contribution in [1.82, 2.24) is 9.88 Å². The molecular formula is C24H22F5N5O. The summed E-state index contributed by atoms with van der Waals surface area (Å²) in [5, 5.41) is 5.04. The van der Waals surface area contributed by atoms with Crippen molar-refractivity contribution in [2.75, 3.05) is 41.7 Å². The molecule has 0 bridgehead atoms. The number of nitrogens with one attached hydrogen (secondary N) is 2. The molecular weight excluding hydrogens is 469 g/mol. The molecule has 0 atom stereocenters. The second-order valence-corrected chi connectivity index (χ2v) is 8.02. The van der Waals surface area contributed by atoms with Crippen LogP contribution in [0.2, 0.25) is 0 Å². The number of rotatable bonds is 5. The Morgan fingerprint density at radius 2 is 1.46 bits per heavy atom. The number of anilines is 3. The summed E-state index contributed by atoms with van der Waals surface area (Å²) in [6.45, 7) is 2.63. The van der Waals surface area contributed by atoms with Gasteiger partial charge in [0, 0.05) is 44.0 Å². The summed E-state index contributed by atoms with van der Waals surface area (Å²) < 4.78 is 65.7. The summed E-state index contributed by atoms with van der Waals surface area (Å²) in [4.78, 5) is 20.5.